The predicted octanol–water partition coefficient (Wildman–Crippen LogP) is 3.51. The fourth-order valence-corrected chi connectivity index (χ4v) is 2.62. The first-order valence-electron chi connectivity index (χ1n) is 5.36. The van der Waals surface area contributed by atoms with Crippen molar-refractivity contribution in [3.63, 3.8) is 0 Å². The second-order valence-corrected chi connectivity index (χ2v) is 4.75. The lowest BCUT2D eigenvalue weighted by Crippen LogP contribution is -2.33. The third kappa shape index (κ3) is 1.90. The molecule has 92 valence electrons. The van der Waals surface area contributed by atoms with Gasteiger partial charge in [-0.15, -0.1) is 0 Å². The van der Waals surface area contributed by atoms with Gasteiger partial charge in [0.25, 0.3) is 0 Å². The fraction of sp³-hybridized carbons (Fsp3) is 0.417. The summed E-state index contributed by atoms with van der Waals surface area (Å²) in [6.45, 7) is 0. The molecule has 0 atom stereocenters. The molecule has 1 aliphatic rings. The smallest absolute Gasteiger partial charge is 0.314 e. The van der Waals surface area contributed by atoms with Crippen molar-refractivity contribution in [3.05, 3.63) is 34.4 Å². The van der Waals surface area contributed by atoms with Crippen LogP contribution >= 0.6 is 11.6 Å². The number of carboxylic acid groups (broad SMARTS) is 1. The largest absolute Gasteiger partial charge is 0.481 e. The summed E-state index contributed by atoms with van der Waals surface area (Å²) in [5.74, 6) is -2.63. The molecule has 1 aromatic carbocycles. The molecule has 17 heavy (non-hydrogen) atoms. The highest BCUT2D eigenvalue weighted by Gasteiger charge is 2.45. The van der Waals surface area contributed by atoms with E-state index >= 15 is 0 Å². The van der Waals surface area contributed by atoms with Crippen LogP contribution in [-0.4, -0.2) is 11.1 Å². The van der Waals surface area contributed by atoms with Gasteiger partial charge in [-0.2, -0.15) is 0 Å². The van der Waals surface area contributed by atoms with Crippen molar-refractivity contribution < 1.29 is 18.7 Å². The first-order chi connectivity index (χ1) is 7.97. The number of benzene rings is 1. The summed E-state index contributed by atoms with van der Waals surface area (Å²) >= 11 is 5.46. The lowest BCUT2D eigenvalue weighted by atomic mass is 9.78. The molecule has 0 radical (unpaired) electrons. The summed E-state index contributed by atoms with van der Waals surface area (Å²) in [6.07, 6.45) is 2.08. The van der Waals surface area contributed by atoms with E-state index in [1.165, 1.54) is 0 Å². The Kier molecular flexibility index (Phi) is 3.08. The van der Waals surface area contributed by atoms with Gasteiger partial charge in [-0.1, -0.05) is 24.4 Å². The van der Waals surface area contributed by atoms with Crippen LogP contribution in [-0.2, 0) is 10.2 Å². The van der Waals surface area contributed by atoms with Crippen LogP contribution in [0.5, 0.6) is 0 Å². The maximum atomic E-state index is 13.8. The van der Waals surface area contributed by atoms with Gasteiger partial charge in [-0.3, -0.25) is 4.79 Å². The molecule has 0 amide bonds. The molecule has 2 nitrogen and oxygen atoms in total. The normalized spacial score (nSPS) is 18.3. The average molecular weight is 261 g/mol. The van der Waals surface area contributed by atoms with E-state index in [-0.39, 0.29) is 10.6 Å². The quantitative estimate of drug-likeness (QED) is 0.826. The van der Waals surface area contributed by atoms with E-state index in [1.807, 2.05) is 0 Å². The molecule has 1 aromatic rings. The zero-order chi connectivity index (χ0) is 12.6. The monoisotopic (exact) mass is 260 g/mol. The Morgan fingerprint density at radius 3 is 2.35 bits per heavy atom. The average Bonchev–Trinajstić information content (AvgIpc) is 2.73. The predicted molar refractivity (Wildman–Crippen MR) is 59.1 cm³/mol. The Balaban J connectivity index is 2.58. The molecular formula is C12H11ClF2O2. The Morgan fingerprint density at radius 1 is 1.24 bits per heavy atom. The first-order valence-corrected chi connectivity index (χ1v) is 5.73. The lowest BCUT2D eigenvalue weighted by molar-refractivity contribution is -0.143. The van der Waals surface area contributed by atoms with E-state index in [2.05, 4.69) is 0 Å². The molecule has 0 bridgehead atoms. The highest BCUT2D eigenvalue weighted by atomic mass is 35.5. The Labute approximate surface area is 102 Å². The number of hydrogen-bond donors (Lipinski definition) is 1. The van der Waals surface area contributed by atoms with Crippen molar-refractivity contribution in [2.45, 2.75) is 31.1 Å². The number of halogens is 3. The lowest BCUT2D eigenvalue weighted by Gasteiger charge is -2.25. The number of carbonyl (C=O) groups is 1. The molecule has 0 saturated heterocycles. The van der Waals surface area contributed by atoms with E-state index in [9.17, 15) is 18.7 Å². The highest BCUT2D eigenvalue weighted by Crippen LogP contribution is 2.43. The molecule has 0 unspecified atom stereocenters. The summed E-state index contributed by atoms with van der Waals surface area (Å²) in [4.78, 5) is 11.4. The van der Waals surface area contributed by atoms with Crippen LogP contribution < -0.4 is 0 Å². The SMILES string of the molecule is O=C(O)C1(c2cc(F)c(Cl)cc2F)CCCC1. The third-order valence-electron chi connectivity index (χ3n) is 3.39. The van der Waals surface area contributed by atoms with Crippen LogP contribution in [0.1, 0.15) is 31.2 Å². The maximum Gasteiger partial charge on any atom is 0.314 e. The second kappa shape index (κ2) is 4.26. The van der Waals surface area contributed by atoms with Gasteiger partial charge in [0.05, 0.1) is 10.4 Å². The number of aliphatic carboxylic acids is 1. The summed E-state index contributed by atoms with van der Waals surface area (Å²) < 4.78 is 27.1. The summed E-state index contributed by atoms with van der Waals surface area (Å²) in [5, 5.41) is 8.95. The van der Waals surface area contributed by atoms with Gasteiger partial charge in [0.15, 0.2) is 0 Å². The molecule has 1 saturated carbocycles. The number of hydrogen-bond acceptors (Lipinski definition) is 1. The van der Waals surface area contributed by atoms with Crippen LogP contribution in [0.15, 0.2) is 12.1 Å². The van der Waals surface area contributed by atoms with Crippen molar-refractivity contribution in [3.8, 4) is 0 Å². The zero-order valence-corrected chi connectivity index (χ0v) is 9.73. The van der Waals surface area contributed by atoms with Crippen molar-refractivity contribution in [1.82, 2.24) is 0 Å². The fourth-order valence-electron chi connectivity index (χ4n) is 2.47. The topological polar surface area (TPSA) is 37.3 Å². The van der Waals surface area contributed by atoms with Crippen molar-refractivity contribution in [2.75, 3.05) is 0 Å². The van der Waals surface area contributed by atoms with Gasteiger partial charge in [-0.05, 0) is 25.0 Å². The zero-order valence-electron chi connectivity index (χ0n) is 8.97. The van der Waals surface area contributed by atoms with Gasteiger partial charge in [0.1, 0.15) is 11.6 Å². The van der Waals surface area contributed by atoms with E-state index in [4.69, 9.17) is 11.6 Å². The molecule has 2 rings (SSSR count). The Bertz CT molecular complexity index is 468. The Hall–Kier alpha value is -1.16. The summed E-state index contributed by atoms with van der Waals surface area (Å²) in [7, 11) is 0. The minimum absolute atomic E-state index is 0.0931. The van der Waals surface area contributed by atoms with Crippen LogP contribution in [0.3, 0.4) is 0 Å². The molecular weight excluding hydrogens is 250 g/mol. The molecule has 1 aliphatic carbocycles. The molecule has 0 aliphatic heterocycles. The second-order valence-electron chi connectivity index (χ2n) is 4.34. The van der Waals surface area contributed by atoms with Crippen molar-refractivity contribution in [2.24, 2.45) is 0 Å². The summed E-state index contributed by atoms with van der Waals surface area (Å²) in [5.41, 5.74) is -1.39. The highest BCUT2D eigenvalue weighted by molar-refractivity contribution is 6.30. The summed E-state index contributed by atoms with van der Waals surface area (Å²) in [6, 6.07) is 1.76. The van der Waals surface area contributed by atoms with E-state index < -0.39 is 23.0 Å². The van der Waals surface area contributed by atoms with E-state index in [1.54, 1.807) is 0 Å². The molecule has 0 spiro atoms. The molecule has 0 aromatic heterocycles. The number of carboxylic acids is 1. The van der Waals surface area contributed by atoms with E-state index in [0.29, 0.717) is 25.7 Å². The minimum atomic E-state index is -1.30. The van der Waals surface area contributed by atoms with Gasteiger partial charge >= 0.3 is 5.97 Å². The van der Waals surface area contributed by atoms with Crippen LogP contribution in [0.4, 0.5) is 8.78 Å². The first kappa shape index (κ1) is 12.3. The van der Waals surface area contributed by atoms with Crippen molar-refractivity contribution in [1.29, 1.82) is 0 Å². The van der Waals surface area contributed by atoms with Crippen LogP contribution in [0, 0.1) is 11.6 Å². The maximum absolute atomic E-state index is 13.8. The van der Waals surface area contributed by atoms with Crippen LogP contribution in [0.2, 0.25) is 5.02 Å². The number of rotatable bonds is 2. The van der Waals surface area contributed by atoms with Gasteiger partial charge in [-0.25, -0.2) is 8.78 Å². The van der Waals surface area contributed by atoms with Gasteiger partial charge in [0.2, 0.25) is 0 Å². The minimum Gasteiger partial charge on any atom is -0.481 e. The third-order valence-corrected chi connectivity index (χ3v) is 3.68. The van der Waals surface area contributed by atoms with E-state index in [0.717, 1.165) is 12.1 Å². The van der Waals surface area contributed by atoms with Gasteiger partial charge in [0, 0.05) is 5.56 Å². The van der Waals surface area contributed by atoms with Crippen LogP contribution in [0.25, 0.3) is 0 Å². The molecule has 0 heterocycles. The van der Waals surface area contributed by atoms with Gasteiger partial charge < -0.3 is 5.11 Å². The molecule has 5 heteroatoms. The standard InChI is InChI=1S/C12H11ClF2O2/c13-8-6-9(14)7(5-10(8)15)12(11(16)17)3-1-2-4-12/h5-6H,1-4H2,(H,16,17). The molecule has 1 N–H and O–H groups in total. The Morgan fingerprint density at radius 2 is 1.82 bits per heavy atom. The van der Waals surface area contributed by atoms with Crippen molar-refractivity contribution >= 4 is 17.6 Å². The molecule has 1 fully saturated rings.